The zero-order valence-electron chi connectivity index (χ0n) is 16.4. The van der Waals surface area contributed by atoms with Crippen LogP contribution in [0.25, 0.3) is 11.1 Å². The summed E-state index contributed by atoms with van der Waals surface area (Å²) in [6.07, 6.45) is 0.323. The molecule has 0 unspecified atom stereocenters. The van der Waals surface area contributed by atoms with Crippen molar-refractivity contribution in [2.45, 2.75) is 13.3 Å². The molecule has 3 rings (SSSR count). The minimum atomic E-state index is -0.667. The number of ether oxygens (including phenoxy) is 1. The van der Waals surface area contributed by atoms with Gasteiger partial charge in [0.25, 0.3) is 0 Å². The summed E-state index contributed by atoms with van der Waals surface area (Å²) in [6, 6.07) is 13.9. The van der Waals surface area contributed by atoms with Gasteiger partial charge < -0.3 is 26.2 Å². The van der Waals surface area contributed by atoms with E-state index in [9.17, 15) is 14.7 Å². The highest BCUT2D eigenvalue weighted by Gasteiger charge is 2.14. The summed E-state index contributed by atoms with van der Waals surface area (Å²) in [5, 5.41) is 15.9. The zero-order chi connectivity index (χ0) is 22.5. The first-order chi connectivity index (χ1) is 14.8. The molecule has 160 valence electrons. The van der Waals surface area contributed by atoms with Crippen LogP contribution in [0.3, 0.4) is 0 Å². The number of halogens is 2. The lowest BCUT2D eigenvalue weighted by molar-refractivity contribution is -0.115. The van der Waals surface area contributed by atoms with E-state index in [0.29, 0.717) is 34.7 Å². The second-order valence-electron chi connectivity index (χ2n) is 6.52. The minimum absolute atomic E-state index is 0.0396. The smallest absolute Gasteiger partial charge is 0.316 e. The number of hydrogen-bond acceptors (Lipinski definition) is 4. The number of phenols is 1. The third-order valence-corrected chi connectivity index (χ3v) is 4.82. The topological polar surface area (TPSA) is 114 Å². The molecule has 0 radical (unpaired) electrons. The first-order valence-electron chi connectivity index (χ1n) is 9.23. The number of phenolic OH excluding ortho intramolecular Hbond substituents is 1. The van der Waals surface area contributed by atoms with Crippen LogP contribution in [-0.2, 0) is 4.79 Å². The van der Waals surface area contributed by atoms with E-state index in [0.717, 1.165) is 0 Å². The molecule has 0 atom stereocenters. The third kappa shape index (κ3) is 5.59. The van der Waals surface area contributed by atoms with Crippen LogP contribution < -0.4 is 21.1 Å². The Bertz CT molecular complexity index is 1110. The first kappa shape index (κ1) is 22.3. The number of benzene rings is 3. The lowest BCUT2D eigenvalue weighted by Gasteiger charge is -2.14. The summed E-state index contributed by atoms with van der Waals surface area (Å²) in [6.45, 7) is 1.74. The van der Waals surface area contributed by atoms with Gasteiger partial charge in [0, 0.05) is 23.4 Å². The highest BCUT2D eigenvalue weighted by molar-refractivity contribution is 6.37. The Morgan fingerprint density at radius 1 is 0.968 bits per heavy atom. The van der Waals surface area contributed by atoms with Gasteiger partial charge in [-0.2, -0.15) is 0 Å². The Labute approximate surface area is 188 Å². The zero-order valence-corrected chi connectivity index (χ0v) is 17.9. The van der Waals surface area contributed by atoms with Gasteiger partial charge in [-0.25, -0.2) is 4.79 Å². The van der Waals surface area contributed by atoms with E-state index in [4.69, 9.17) is 33.7 Å². The summed E-state index contributed by atoms with van der Waals surface area (Å²) in [4.78, 5) is 22.5. The van der Waals surface area contributed by atoms with Crippen molar-refractivity contribution in [2.75, 3.05) is 10.6 Å². The molecule has 7 nitrogen and oxygen atoms in total. The van der Waals surface area contributed by atoms with Gasteiger partial charge in [-0.1, -0.05) is 42.3 Å². The van der Waals surface area contributed by atoms with Crippen LogP contribution in [0, 0.1) is 0 Å². The molecule has 0 heterocycles. The van der Waals surface area contributed by atoms with E-state index in [1.165, 1.54) is 6.07 Å². The molecule has 0 aliphatic rings. The highest BCUT2D eigenvalue weighted by Crippen LogP contribution is 2.41. The summed E-state index contributed by atoms with van der Waals surface area (Å²) < 4.78 is 5.86. The van der Waals surface area contributed by atoms with E-state index >= 15 is 0 Å². The number of carbonyl (C=O) groups is 2. The van der Waals surface area contributed by atoms with Crippen molar-refractivity contribution in [1.82, 2.24) is 0 Å². The van der Waals surface area contributed by atoms with Crippen molar-refractivity contribution in [3.8, 4) is 28.4 Å². The molecule has 0 aliphatic carbocycles. The van der Waals surface area contributed by atoms with Gasteiger partial charge in [0.2, 0.25) is 5.91 Å². The number of rotatable bonds is 6. The highest BCUT2D eigenvalue weighted by atomic mass is 35.5. The molecule has 0 saturated heterocycles. The number of urea groups is 1. The Kier molecular flexibility index (Phi) is 6.89. The maximum absolute atomic E-state index is 11.6. The van der Waals surface area contributed by atoms with E-state index in [2.05, 4.69) is 10.6 Å². The number of nitrogens with two attached hydrogens (primary N) is 1. The molecule has 5 N–H and O–H groups in total. The Balaban J connectivity index is 1.87. The number of amides is 3. The number of primary amides is 1. The molecule has 0 bridgehead atoms. The van der Waals surface area contributed by atoms with E-state index in [-0.39, 0.29) is 27.5 Å². The second-order valence-corrected chi connectivity index (χ2v) is 7.33. The second kappa shape index (κ2) is 9.59. The molecule has 0 fully saturated rings. The monoisotopic (exact) mass is 459 g/mol. The van der Waals surface area contributed by atoms with Crippen LogP contribution in [0.2, 0.25) is 10.0 Å². The first-order valence-corrected chi connectivity index (χ1v) is 9.99. The van der Waals surface area contributed by atoms with Gasteiger partial charge >= 0.3 is 6.03 Å². The molecule has 31 heavy (non-hydrogen) atoms. The average Bonchev–Trinajstić information content (AvgIpc) is 2.72. The SMILES string of the molecule is CCC(=O)Nc1cc(Cl)c(Oc2ccc(O)c(-c3ccc(NC(N)=O)cc3)c2)c(Cl)c1. The van der Waals surface area contributed by atoms with Crippen molar-refractivity contribution >= 4 is 46.5 Å². The fourth-order valence-corrected chi connectivity index (χ4v) is 3.35. The van der Waals surface area contributed by atoms with Gasteiger partial charge in [-0.3, -0.25) is 4.79 Å². The molecular formula is C22H19Cl2N3O4. The fraction of sp³-hybridized carbons (Fsp3) is 0.0909. The van der Waals surface area contributed by atoms with E-state index in [1.807, 2.05) is 0 Å². The quantitative estimate of drug-likeness (QED) is 0.361. The number of carbonyl (C=O) groups excluding carboxylic acids is 2. The van der Waals surface area contributed by atoms with Gasteiger partial charge in [0.15, 0.2) is 5.75 Å². The maximum atomic E-state index is 11.6. The number of hydrogen-bond donors (Lipinski definition) is 4. The van der Waals surface area contributed by atoms with Crippen LogP contribution in [0.5, 0.6) is 17.2 Å². The van der Waals surface area contributed by atoms with Gasteiger partial charge in [0.1, 0.15) is 11.5 Å². The minimum Gasteiger partial charge on any atom is -0.507 e. The lowest BCUT2D eigenvalue weighted by atomic mass is 10.0. The van der Waals surface area contributed by atoms with Crippen LogP contribution in [0.4, 0.5) is 16.2 Å². The maximum Gasteiger partial charge on any atom is 0.316 e. The largest absolute Gasteiger partial charge is 0.507 e. The van der Waals surface area contributed by atoms with Gasteiger partial charge in [-0.05, 0) is 48.0 Å². The van der Waals surface area contributed by atoms with Gasteiger partial charge in [-0.15, -0.1) is 0 Å². The lowest BCUT2D eigenvalue weighted by Crippen LogP contribution is -2.19. The number of nitrogens with one attached hydrogen (secondary N) is 2. The number of anilines is 2. The van der Waals surface area contributed by atoms with Gasteiger partial charge in [0.05, 0.1) is 10.0 Å². The van der Waals surface area contributed by atoms with E-state index < -0.39 is 6.03 Å². The number of aromatic hydroxyl groups is 1. The third-order valence-electron chi connectivity index (χ3n) is 4.25. The summed E-state index contributed by atoms with van der Waals surface area (Å²) >= 11 is 12.6. The van der Waals surface area contributed by atoms with Crippen LogP contribution >= 0.6 is 23.2 Å². The van der Waals surface area contributed by atoms with Crippen molar-refractivity contribution in [3.63, 3.8) is 0 Å². The molecule has 0 saturated carbocycles. The Morgan fingerprint density at radius 2 is 1.61 bits per heavy atom. The van der Waals surface area contributed by atoms with Crippen LogP contribution in [-0.4, -0.2) is 17.0 Å². The molecule has 0 aromatic heterocycles. The van der Waals surface area contributed by atoms with Crippen molar-refractivity contribution in [2.24, 2.45) is 5.73 Å². The molecular weight excluding hydrogens is 441 g/mol. The van der Waals surface area contributed by atoms with E-state index in [1.54, 1.807) is 55.5 Å². The normalized spacial score (nSPS) is 10.4. The standard InChI is InChI=1S/C22H19Cl2N3O4/c1-2-20(29)26-14-9-17(23)21(18(24)10-14)31-15-7-8-19(28)16(11-15)12-3-5-13(6-4-12)27-22(25)30/h3-11,28H,2H2,1H3,(H,26,29)(H3,25,27,30). The predicted octanol–water partition coefficient (Wildman–Crippen LogP) is 6.00. The van der Waals surface area contributed by atoms with Crippen molar-refractivity contribution in [1.29, 1.82) is 0 Å². The molecule has 9 heteroatoms. The molecule has 0 aliphatic heterocycles. The predicted molar refractivity (Wildman–Crippen MR) is 122 cm³/mol. The van der Waals surface area contributed by atoms with Crippen LogP contribution in [0.1, 0.15) is 13.3 Å². The summed E-state index contributed by atoms with van der Waals surface area (Å²) in [5.74, 6) is 0.482. The summed E-state index contributed by atoms with van der Waals surface area (Å²) in [7, 11) is 0. The molecule has 3 aromatic rings. The van der Waals surface area contributed by atoms with Crippen molar-refractivity contribution < 1.29 is 19.4 Å². The summed E-state index contributed by atoms with van der Waals surface area (Å²) in [5.41, 5.74) is 7.28. The molecule has 0 spiro atoms. The fourth-order valence-electron chi connectivity index (χ4n) is 2.78. The average molecular weight is 460 g/mol. The Hall–Kier alpha value is -3.42. The molecule has 3 amide bonds. The van der Waals surface area contributed by atoms with Crippen molar-refractivity contribution in [3.05, 3.63) is 64.6 Å². The van der Waals surface area contributed by atoms with Crippen LogP contribution in [0.15, 0.2) is 54.6 Å². The Morgan fingerprint density at radius 3 is 2.19 bits per heavy atom. The molecule has 3 aromatic carbocycles.